The molecule has 5 rings (SSSR count). The summed E-state index contributed by atoms with van der Waals surface area (Å²) in [6.07, 6.45) is 7.02. The topological polar surface area (TPSA) is 63.6 Å². The number of ether oxygens (including phenoxy) is 2. The fourth-order valence-corrected chi connectivity index (χ4v) is 5.71. The van der Waals surface area contributed by atoms with Gasteiger partial charge in [-0.15, -0.1) is 0 Å². The van der Waals surface area contributed by atoms with Crippen LogP contribution in [-0.2, 0) is 11.2 Å². The van der Waals surface area contributed by atoms with Crippen molar-refractivity contribution in [2.75, 3.05) is 52.3 Å². The van der Waals surface area contributed by atoms with Crippen LogP contribution >= 0.6 is 0 Å². The molecular weight excluding hydrogens is 522 g/mol. The Bertz CT molecular complexity index is 1520. The van der Waals surface area contributed by atoms with Gasteiger partial charge in [-0.1, -0.05) is 44.3 Å². The summed E-state index contributed by atoms with van der Waals surface area (Å²) in [5, 5.41) is 7.68. The van der Waals surface area contributed by atoms with Gasteiger partial charge >= 0.3 is 0 Å². The van der Waals surface area contributed by atoms with Gasteiger partial charge in [0, 0.05) is 50.1 Å². The third kappa shape index (κ3) is 6.86. The molecule has 2 N–H and O–H groups in total. The molecule has 1 aliphatic rings. The van der Waals surface area contributed by atoms with Crippen molar-refractivity contribution < 1.29 is 9.47 Å². The third-order valence-corrected chi connectivity index (χ3v) is 8.26. The number of hydrogen-bond acceptors (Lipinski definition) is 6. The Kier molecular flexibility index (Phi) is 9.62. The number of hydrogen-bond donors (Lipinski definition) is 2. The zero-order valence-electron chi connectivity index (χ0n) is 25.2. The van der Waals surface area contributed by atoms with Crippen LogP contribution in [0.15, 0.2) is 80.1 Å². The van der Waals surface area contributed by atoms with E-state index in [-0.39, 0.29) is 0 Å². The summed E-state index contributed by atoms with van der Waals surface area (Å²) in [5.41, 5.74) is 6.60. The van der Waals surface area contributed by atoms with E-state index in [1.165, 1.54) is 31.5 Å². The molecule has 7 nitrogen and oxygen atoms in total. The highest BCUT2D eigenvalue weighted by Gasteiger charge is 2.19. The number of fused-ring (bicyclic) bond motifs is 1. The highest BCUT2D eigenvalue weighted by Crippen LogP contribution is 2.31. The van der Waals surface area contributed by atoms with Gasteiger partial charge in [-0.2, -0.15) is 0 Å². The van der Waals surface area contributed by atoms with Crippen molar-refractivity contribution in [3.63, 3.8) is 0 Å². The lowest BCUT2D eigenvalue weighted by Crippen LogP contribution is -2.32. The Morgan fingerprint density at radius 1 is 1.02 bits per heavy atom. The first-order valence-corrected chi connectivity index (χ1v) is 14.8. The van der Waals surface area contributed by atoms with E-state index < -0.39 is 0 Å². The Hall–Kier alpha value is -4.07. The zero-order valence-corrected chi connectivity index (χ0v) is 25.2. The van der Waals surface area contributed by atoms with Crippen LogP contribution in [0.3, 0.4) is 0 Å². The quantitative estimate of drug-likeness (QED) is 0.179. The molecule has 1 saturated heterocycles. The van der Waals surface area contributed by atoms with Crippen LogP contribution in [0.5, 0.6) is 5.75 Å². The number of nitrogens with zero attached hydrogens (tertiary/aromatic N) is 3. The minimum absolute atomic E-state index is 0.475. The van der Waals surface area contributed by atoms with E-state index in [4.69, 9.17) is 9.47 Å². The average Bonchev–Trinajstić information content (AvgIpc) is 3.43. The second-order valence-electron chi connectivity index (χ2n) is 10.9. The molecule has 1 fully saturated rings. The normalized spacial score (nSPS) is 14.2. The average molecular weight is 566 g/mol. The van der Waals surface area contributed by atoms with Gasteiger partial charge in [0.25, 0.3) is 0 Å². The SMILES string of the molecule is C=C(Nc1cc(Cc2cc3ccn(C(=C)NC)c3cc2OCCOC)ccn1)c1ccc(C2CCN(CC)CC2)cc1. The number of aromatic nitrogens is 2. The molecule has 1 aliphatic heterocycles. The van der Waals surface area contributed by atoms with Gasteiger partial charge < -0.3 is 29.6 Å². The van der Waals surface area contributed by atoms with Gasteiger partial charge in [-0.3, -0.25) is 0 Å². The predicted octanol–water partition coefficient (Wildman–Crippen LogP) is 6.58. The molecule has 0 atom stereocenters. The maximum Gasteiger partial charge on any atom is 0.130 e. The molecule has 0 bridgehead atoms. The highest BCUT2D eigenvalue weighted by atomic mass is 16.5. The third-order valence-electron chi connectivity index (χ3n) is 8.26. The molecule has 3 heterocycles. The first-order chi connectivity index (χ1) is 20.5. The lowest BCUT2D eigenvalue weighted by molar-refractivity contribution is 0.146. The van der Waals surface area contributed by atoms with Crippen LogP contribution in [0.1, 0.15) is 47.9 Å². The van der Waals surface area contributed by atoms with Gasteiger partial charge in [0.1, 0.15) is 24.0 Å². The van der Waals surface area contributed by atoms with Gasteiger partial charge in [-0.05, 0) is 84.9 Å². The van der Waals surface area contributed by atoms with E-state index in [1.54, 1.807) is 7.11 Å². The monoisotopic (exact) mass is 565 g/mol. The molecule has 7 heteroatoms. The molecule has 4 aromatic rings. The number of anilines is 1. The van der Waals surface area contributed by atoms with Gasteiger partial charge in [0.2, 0.25) is 0 Å². The number of benzene rings is 2. The van der Waals surface area contributed by atoms with Crippen LogP contribution in [-0.4, -0.2) is 61.5 Å². The Morgan fingerprint density at radius 2 is 1.81 bits per heavy atom. The predicted molar refractivity (Wildman–Crippen MR) is 174 cm³/mol. The Balaban J connectivity index is 1.29. The molecule has 42 heavy (non-hydrogen) atoms. The largest absolute Gasteiger partial charge is 0.491 e. The number of piperidine rings is 1. The summed E-state index contributed by atoms with van der Waals surface area (Å²) in [4.78, 5) is 7.11. The number of pyridine rings is 1. The second kappa shape index (κ2) is 13.7. The first kappa shape index (κ1) is 29.4. The van der Waals surface area contributed by atoms with Crippen LogP contribution < -0.4 is 15.4 Å². The Labute approximate surface area is 249 Å². The fraction of sp³-hybridized carbons (Fsp3) is 0.343. The maximum atomic E-state index is 6.18. The van der Waals surface area contributed by atoms with E-state index in [9.17, 15) is 0 Å². The van der Waals surface area contributed by atoms with E-state index in [0.29, 0.717) is 25.6 Å². The zero-order chi connectivity index (χ0) is 29.5. The summed E-state index contributed by atoms with van der Waals surface area (Å²) in [7, 11) is 3.55. The van der Waals surface area contributed by atoms with Crippen molar-refractivity contribution in [2.24, 2.45) is 0 Å². The Morgan fingerprint density at radius 3 is 2.52 bits per heavy atom. The molecule has 0 aliphatic carbocycles. The molecule has 0 saturated carbocycles. The van der Waals surface area contributed by atoms with Crippen LogP contribution in [0, 0.1) is 0 Å². The van der Waals surface area contributed by atoms with Crippen LogP contribution in [0.25, 0.3) is 22.4 Å². The van der Waals surface area contributed by atoms with Gasteiger partial charge in [-0.25, -0.2) is 4.98 Å². The molecule has 0 amide bonds. The summed E-state index contributed by atoms with van der Waals surface area (Å²) in [5.74, 6) is 3.05. The van der Waals surface area contributed by atoms with Crippen LogP contribution in [0.4, 0.5) is 5.82 Å². The highest BCUT2D eigenvalue weighted by molar-refractivity contribution is 5.85. The summed E-state index contributed by atoms with van der Waals surface area (Å²) in [6, 6.07) is 19.4. The molecule has 0 spiro atoms. The molecule has 2 aromatic heterocycles. The molecule has 220 valence electrons. The van der Waals surface area contributed by atoms with Gasteiger partial charge in [0.05, 0.1) is 12.1 Å². The molecule has 0 radical (unpaired) electrons. The number of nitrogens with one attached hydrogen (secondary N) is 2. The summed E-state index contributed by atoms with van der Waals surface area (Å²) in [6.45, 7) is 15.2. The van der Waals surface area contributed by atoms with Gasteiger partial charge in [0.15, 0.2) is 0 Å². The van der Waals surface area contributed by atoms with E-state index in [0.717, 1.165) is 57.2 Å². The lowest BCUT2D eigenvalue weighted by atomic mass is 9.89. The standard InChI is InChI=1S/C35H43N5O2/c1-6-39-16-12-30(13-17-39)29-9-7-28(8-10-29)25(2)38-35-22-27(11-15-37-35)21-32-23-31-14-18-40(26(3)36-4)33(31)24-34(32)42-20-19-41-5/h7-11,14-15,18,22-24,30,36H,2-3,6,12-13,16-17,19-21H2,1,4-5H3,(H,37,38). The number of methoxy groups -OCH3 is 1. The van der Waals surface area contributed by atoms with Crippen molar-refractivity contribution in [1.82, 2.24) is 19.8 Å². The van der Waals surface area contributed by atoms with E-state index in [2.05, 4.69) is 89.1 Å². The second-order valence-corrected chi connectivity index (χ2v) is 10.9. The minimum atomic E-state index is 0.475. The van der Waals surface area contributed by atoms with Crippen molar-refractivity contribution in [3.05, 3.63) is 102 Å². The number of likely N-dealkylation sites (tertiary alicyclic amines) is 1. The minimum Gasteiger partial charge on any atom is -0.491 e. The van der Waals surface area contributed by atoms with Crippen LogP contribution in [0.2, 0.25) is 0 Å². The molecule has 0 unspecified atom stereocenters. The van der Waals surface area contributed by atoms with Crippen molar-refractivity contribution in [1.29, 1.82) is 0 Å². The summed E-state index contributed by atoms with van der Waals surface area (Å²) >= 11 is 0. The molecular formula is C35H43N5O2. The van der Waals surface area contributed by atoms with E-state index >= 15 is 0 Å². The lowest BCUT2D eigenvalue weighted by Gasteiger charge is -2.31. The smallest absolute Gasteiger partial charge is 0.130 e. The van der Waals surface area contributed by atoms with Crippen molar-refractivity contribution in [2.45, 2.75) is 32.1 Å². The first-order valence-electron chi connectivity index (χ1n) is 14.8. The number of rotatable bonds is 13. The van der Waals surface area contributed by atoms with Crippen molar-refractivity contribution in [3.8, 4) is 5.75 Å². The van der Waals surface area contributed by atoms with E-state index in [1.807, 2.05) is 30.1 Å². The maximum absolute atomic E-state index is 6.18. The van der Waals surface area contributed by atoms with Crippen molar-refractivity contribution >= 4 is 28.2 Å². The molecule has 2 aromatic carbocycles. The fourth-order valence-electron chi connectivity index (χ4n) is 5.71. The summed E-state index contributed by atoms with van der Waals surface area (Å²) < 4.78 is 13.4.